The molecule has 0 fully saturated rings. The topological polar surface area (TPSA) is 64.3 Å². The third-order valence-corrected chi connectivity index (χ3v) is 3.62. The molecule has 0 saturated heterocycles. The van der Waals surface area contributed by atoms with E-state index in [4.69, 9.17) is 10.4 Å². The second kappa shape index (κ2) is 9.18. The monoisotopic (exact) mass is 304 g/mol. The van der Waals surface area contributed by atoms with Crippen LogP contribution in [-0.4, -0.2) is 35.6 Å². The fourth-order valence-corrected chi connectivity index (χ4v) is 2.63. The Labute approximate surface area is 130 Å². The number of hydrogen-bond acceptors (Lipinski definition) is 4. The third-order valence-electron chi connectivity index (χ3n) is 2.63. The van der Waals surface area contributed by atoms with E-state index in [1.54, 1.807) is 11.0 Å². The highest BCUT2D eigenvalue weighted by Crippen LogP contribution is 2.18. The predicted molar refractivity (Wildman–Crippen MR) is 83.9 cm³/mol. The van der Waals surface area contributed by atoms with E-state index in [1.807, 2.05) is 19.9 Å². The quantitative estimate of drug-likeness (QED) is 0.821. The van der Waals surface area contributed by atoms with Gasteiger partial charge < -0.3 is 10.0 Å². The van der Waals surface area contributed by atoms with Gasteiger partial charge in [-0.3, -0.25) is 4.79 Å². The molecule has 112 valence electrons. The molecule has 0 aromatic carbocycles. The van der Waals surface area contributed by atoms with Crippen LogP contribution in [0.2, 0.25) is 0 Å². The van der Waals surface area contributed by atoms with Gasteiger partial charge in [0.05, 0.1) is 28.9 Å². The number of hydrogen-bond donors (Lipinski definition) is 1. The van der Waals surface area contributed by atoms with Gasteiger partial charge >= 0.3 is 0 Å². The number of aliphatic hydroxyl groups excluding tert-OH is 1. The Hall–Kier alpha value is -1.82. The van der Waals surface area contributed by atoms with Gasteiger partial charge in [0.1, 0.15) is 0 Å². The number of amides is 1. The molecular formula is C16H20N2O2S. The van der Waals surface area contributed by atoms with E-state index in [-0.39, 0.29) is 12.5 Å². The standard InChI is InChI=1S/C16H20N2O2S/c1-13(2)12-18(10-5-9-17)16(20)15-8-7-14(21-15)6-3-4-11-19/h7-8,13,19H,4-5,10-12H2,1-2H3. The fraction of sp³-hybridized carbons (Fsp3) is 0.500. The van der Waals surface area contributed by atoms with Gasteiger partial charge in [-0.1, -0.05) is 25.7 Å². The minimum absolute atomic E-state index is 0.0422. The van der Waals surface area contributed by atoms with E-state index < -0.39 is 0 Å². The molecule has 0 aliphatic rings. The average molecular weight is 304 g/mol. The number of thiophene rings is 1. The lowest BCUT2D eigenvalue weighted by Gasteiger charge is -2.22. The summed E-state index contributed by atoms with van der Waals surface area (Å²) in [5, 5.41) is 17.4. The zero-order valence-corrected chi connectivity index (χ0v) is 13.2. The molecule has 1 aromatic rings. The van der Waals surface area contributed by atoms with Crippen molar-refractivity contribution in [2.75, 3.05) is 19.7 Å². The van der Waals surface area contributed by atoms with Crippen LogP contribution in [0.5, 0.6) is 0 Å². The Bertz CT molecular complexity index is 561. The van der Waals surface area contributed by atoms with Gasteiger partial charge in [-0.05, 0) is 18.1 Å². The Morgan fingerprint density at radius 2 is 2.19 bits per heavy atom. The van der Waals surface area contributed by atoms with E-state index in [9.17, 15) is 4.79 Å². The summed E-state index contributed by atoms with van der Waals surface area (Å²) in [6, 6.07) is 5.67. The summed E-state index contributed by atoms with van der Waals surface area (Å²) in [5.74, 6) is 6.09. The molecule has 1 rings (SSSR count). The molecule has 1 aromatic heterocycles. The zero-order valence-electron chi connectivity index (χ0n) is 12.4. The highest BCUT2D eigenvalue weighted by atomic mass is 32.1. The van der Waals surface area contributed by atoms with E-state index in [0.29, 0.717) is 36.7 Å². The van der Waals surface area contributed by atoms with Crippen molar-refractivity contribution in [1.82, 2.24) is 4.90 Å². The highest BCUT2D eigenvalue weighted by molar-refractivity contribution is 7.14. The zero-order chi connectivity index (χ0) is 15.7. The molecule has 4 nitrogen and oxygen atoms in total. The van der Waals surface area contributed by atoms with Gasteiger partial charge in [0.25, 0.3) is 5.91 Å². The minimum atomic E-state index is -0.0424. The smallest absolute Gasteiger partial charge is 0.264 e. The number of rotatable bonds is 6. The van der Waals surface area contributed by atoms with E-state index in [0.717, 1.165) is 4.88 Å². The first-order valence-corrected chi connectivity index (χ1v) is 7.76. The molecule has 1 heterocycles. The lowest BCUT2D eigenvalue weighted by Crippen LogP contribution is -2.34. The number of aliphatic hydroxyl groups is 1. The van der Waals surface area contributed by atoms with Crippen molar-refractivity contribution >= 4 is 17.2 Å². The number of carbonyl (C=O) groups excluding carboxylic acids is 1. The molecule has 0 saturated carbocycles. The van der Waals surface area contributed by atoms with Gasteiger partial charge in [0.15, 0.2) is 0 Å². The summed E-state index contributed by atoms with van der Waals surface area (Å²) in [4.78, 5) is 15.7. The first-order chi connectivity index (χ1) is 10.1. The van der Waals surface area contributed by atoms with E-state index in [1.165, 1.54) is 11.3 Å². The van der Waals surface area contributed by atoms with E-state index >= 15 is 0 Å². The second-order valence-electron chi connectivity index (χ2n) is 4.99. The normalized spacial score (nSPS) is 9.86. The molecule has 5 heteroatoms. The van der Waals surface area contributed by atoms with Gasteiger partial charge in [0, 0.05) is 19.5 Å². The average Bonchev–Trinajstić information content (AvgIpc) is 2.91. The Kier molecular flexibility index (Phi) is 7.53. The van der Waals surface area contributed by atoms with Crippen LogP contribution in [-0.2, 0) is 0 Å². The fourth-order valence-electron chi connectivity index (χ4n) is 1.78. The first kappa shape index (κ1) is 17.2. The van der Waals surface area contributed by atoms with Crippen LogP contribution in [0.1, 0.15) is 41.2 Å². The van der Waals surface area contributed by atoms with E-state index in [2.05, 4.69) is 17.9 Å². The predicted octanol–water partition coefficient (Wildman–Crippen LogP) is 2.49. The van der Waals surface area contributed by atoms with Crippen molar-refractivity contribution in [3.8, 4) is 17.9 Å². The lowest BCUT2D eigenvalue weighted by molar-refractivity contribution is 0.0745. The van der Waals surface area contributed by atoms with Crippen molar-refractivity contribution in [2.45, 2.75) is 26.7 Å². The number of carbonyl (C=O) groups is 1. The molecule has 0 radical (unpaired) electrons. The van der Waals surface area contributed by atoms with Crippen molar-refractivity contribution < 1.29 is 9.90 Å². The first-order valence-electron chi connectivity index (χ1n) is 6.94. The lowest BCUT2D eigenvalue weighted by atomic mass is 10.2. The minimum Gasteiger partial charge on any atom is -0.395 e. The molecule has 0 atom stereocenters. The Morgan fingerprint density at radius 3 is 2.81 bits per heavy atom. The summed E-state index contributed by atoms with van der Waals surface area (Å²) in [7, 11) is 0. The molecule has 0 spiro atoms. The Balaban J connectivity index is 2.79. The maximum atomic E-state index is 12.5. The molecule has 0 aliphatic carbocycles. The second-order valence-corrected chi connectivity index (χ2v) is 6.08. The largest absolute Gasteiger partial charge is 0.395 e. The summed E-state index contributed by atoms with van der Waals surface area (Å²) >= 11 is 1.35. The number of nitrogens with zero attached hydrogens (tertiary/aromatic N) is 2. The highest BCUT2D eigenvalue weighted by Gasteiger charge is 2.18. The van der Waals surface area contributed by atoms with Crippen LogP contribution in [0.15, 0.2) is 12.1 Å². The van der Waals surface area contributed by atoms with Gasteiger partial charge in [-0.15, -0.1) is 11.3 Å². The summed E-state index contributed by atoms with van der Waals surface area (Å²) < 4.78 is 0. The number of nitriles is 1. The third kappa shape index (κ3) is 5.99. The van der Waals surface area contributed by atoms with Gasteiger partial charge in [0.2, 0.25) is 0 Å². The van der Waals surface area contributed by atoms with Crippen molar-refractivity contribution in [3.05, 3.63) is 21.9 Å². The maximum Gasteiger partial charge on any atom is 0.264 e. The summed E-state index contributed by atoms with van der Waals surface area (Å²) in [6.45, 7) is 5.24. The van der Waals surface area contributed by atoms with Crippen LogP contribution in [0.3, 0.4) is 0 Å². The summed E-state index contributed by atoms with van der Waals surface area (Å²) in [5.41, 5.74) is 0. The van der Waals surface area contributed by atoms with Crippen molar-refractivity contribution in [1.29, 1.82) is 5.26 Å². The molecule has 1 N–H and O–H groups in total. The molecule has 1 amide bonds. The van der Waals surface area contributed by atoms with Gasteiger partial charge in [-0.2, -0.15) is 5.26 Å². The molecule has 0 aliphatic heterocycles. The molecule has 0 bridgehead atoms. The van der Waals surface area contributed by atoms with Gasteiger partial charge in [-0.25, -0.2) is 0 Å². The van der Waals surface area contributed by atoms with Crippen molar-refractivity contribution in [3.63, 3.8) is 0 Å². The molecule has 21 heavy (non-hydrogen) atoms. The summed E-state index contributed by atoms with van der Waals surface area (Å²) in [6.07, 6.45) is 0.774. The van der Waals surface area contributed by atoms with Crippen LogP contribution in [0.4, 0.5) is 0 Å². The Morgan fingerprint density at radius 1 is 1.43 bits per heavy atom. The molecular weight excluding hydrogens is 284 g/mol. The van der Waals surface area contributed by atoms with Crippen molar-refractivity contribution in [2.24, 2.45) is 5.92 Å². The van der Waals surface area contributed by atoms with Crippen LogP contribution in [0, 0.1) is 29.1 Å². The molecule has 0 unspecified atom stereocenters. The maximum absolute atomic E-state index is 12.5. The SMILES string of the molecule is CC(C)CN(CCC#N)C(=O)c1ccc(C#CCCO)s1. The van der Waals surface area contributed by atoms with Crippen LogP contribution >= 0.6 is 11.3 Å². The van der Waals surface area contributed by atoms with Crippen LogP contribution in [0.25, 0.3) is 0 Å². The van der Waals surface area contributed by atoms with Crippen LogP contribution < -0.4 is 0 Å².